The van der Waals surface area contributed by atoms with Crippen molar-refractivity contribution in [1.29, 1.82) is 0 Å². The monoisotopic (exact) mass is 249 g/mol. The molecule has 3 fully saturated rings. The van der Waals surface area contributed by atoms with E-state index in [4.69, 9.17) is 5.73 Å². The molecule has 2 N–H and O–H groups in total. The molecule has 0 radical (unpaired) electrons. The van der Waals surface area contributed by atoms with Gasteiger partial charge in [0.15, 0.2) is 0 Å². The summed E-state index contributed by atoms with van der Waals surface area (Å²) in [6.07, 6.45) is 14.7. The van der Waals surface area contributed by atoms with Gasteiger partial charge in [-0.25, -0.2) is 0 Å². The smallest absolute Gasteiger partial charge is 0.00390 e. The number of hydrogen-bond donors (Lipinski definition) is 1. The fraction of sp³-hybridized carbons (Fsp3) is 1.00. The Balaban J connectivity index is 1.54. The van der Waals surface area contributed by atoms with E-state index in [9.17, 15) is 0 Å². The Morgan fingerprint density at radius 3 is 1.83 bits per heavy atom. The zero-order valence-electron chi connectivity index (χ0n) is 12.1. The molecule has 3 saturated carbocycles. The average Bonchev–Trinajstić information content (AvgIpc) is 2.39. The van der Waals surface area contributed by atoms with Gasteiger partial charge in [0, 0.05) is 6.04 Å². The molecule has 0 heterocycles. The van der Waals surface area contributed by atoms with Gasteiger partial charge in [0.2, 0.25) is 0 Å². The summed E-state index contributed by atoms with van der Waals surface area (Å²) in [5, 5.41) is 0. The van der Waals surface area contributed by atoms with E-state index in [1.54, 1.807) is 12.8 Å². The van der Waals surface area contributed by atoms with Gasteiger partial charge < -0.3 is 5.73 Å². The molecule has 104 valence electrons. The van der Waals surface area contributed by atoms with Crippen LogP contribution < -0.4 is 5.73 Å². The first kappa shape index (κ1) is 13.0. The Labute approximate surface area is 113 Å². The average molecular weight is 249 g/mol. The molecular formula is C17H31N. The molecule has 4 unspecified atom stereocenters. The molecule has 0 spiro atoms. The van der Waals surface area contributed by atoms with E-state index in [0.29, 0.717) is 6.04 Å². The van der Waals surface area contributed by atoms with Crippen LogP contribution in [0.5, 0.6) is 0 Å². The van der Waals surface area contributed by atoms with E-state index in [1.807, 2.05) is 0 Å². The molecule has 3 aliphatic rings. The molecule has 1 heteroatoms. The molecule has 3 aliphatic carbocycles. The maximum absolute atomic E-state index is 6.05. The zero-order valence-corrected chi connectivity index (χ0v) is 12.1. The van der Waals surface area contributed by atoms with E-state index < -0.39 is 0 Å². The molecule has 0 saturated heterocycles. The Kier molecular flexibility index (Phi) is 3.98. The van der Waals surface area contributed by atoms with E-state index in [-0.39, 0.29) is 0 Å². The second-order valence-corrected chi connectivity index (χ2v) is 7.69. The summed E-state index contributed by atoms with van der Waals surface area (Å²) < 4.78 is 0. The van der Waals surface area contributed by atoms with Crippen molar-refractivity contribution < 1.29 is 0 Å². The van der Waals surface area contributed by atoms with Crippen molar-refractivity contribution in [3.05, 3.63) is 0 Å². The van der Waals surface area contributed by atoms with Crippen LogP contribution in [0.1, 0.15) is 71.1 Å². The summed E-state index contributed by atoms with van der Waals surface area (Å²) in [6.45, 7) is 2.46. The third-order valence-electron chi connectivity index (χ3n) is 6.40. The predicted molar refractivity (Wildman–Crippen MR) is 77.3 cm³/mol. The summed E-state index contributed by atoms with van der Waals surface area (Å²) in [5.41, 5.74) is 6.05. The van der Waals surface area contributed by atoms with Crippen LogP contribution >= 0.6 is 0 Å². The van der Waals surface area contributed by atoms with Crippen LogP contribution in [0.15, 0.2) is 0 Å². The van der Waals surface area contributed by atoms with Crippen LogP contribution in [0.4, 0.5) is 0 Å². The van der Waals surface area contributed by atoms with Gasteiger partial charge in [-0.05, 0) is 87.4 Å². The highest BCUT2D eigenvalue weighted by molar-refractivity contribution is 4.89. The minimum absolute atomic E-state index is 0.521. The van der Waals surface area contributed by atoms with Crippen LogP contribution in [0.2, 0.25) is 0 Å². The molecule has 18 heavy (non-hydrogen) atoms. The lowest BCUT2D eigenvalue weighted by molar-refractivity contribution is 0.0674. The summed E-state index contributed by atoms with van der Waals surface area (Å²) >= 11 is 0. The Bertz CT molecular complexity index is 264. The van der Waals surface area contributed by atoms with Gasteiger partial charge in [0.1, 0.15) is 0 Å². The fourth-order valence-electron chi connectivity index (χ4n) is 5.20. The van der Waals surface area contributed by atoms with Crippen molar-refractivity contribution >= 4 is 0 Å². The van der Waals surface area contributed by atoms with E-state index in [0.717, 1.165) is 29.6 Å². The van der Waals surface area contributed by atoms with Crippen LogP contribution in [-0.4, -0.2) is 6.04 Å². The highest BCUT2D eigenvalue weighted by Crippen LogP contribution is 2.48. The van der Waals surface area contributed by atoms with E-state index in [1.165, 1.54) is 51.4 Å². The van der Waals surface area contributed by atoms with E-state index >= 15 is 0 Å². The number of hydrogen-bond acceptors (Lipinski definition) is 1. The molecule has 0 aromatic rings. The van der Waals surface area contributed by atoms with Crippen molar-refractivity contribution in [3.8, 4) is 0 Å². The summed E-state index contributed by atoms with van der Waals surface area (Å²) in [5.74, 6) is 5.29. The topological polar surface area (TPSA) is 26.0 Å². The second-order valence-electron chi connectivity index (χ2n) is 7.69. The van der Waals surface area contributed by atoms with Crippen molar-refractivity contribution in [1.82, 2.24) is 0 Å². The third kappa shape index (κ3) is 2.76. The largest absolute Gasteiger partial charge is 0.328 e. The lowest BCUT2D eigenvalue weighted by Crippen LogP contribution is -2.35. The highest BCUT2D eigenvalue weighted by atomic mass is 14.6. The molecule has 0 bridgehead atoms. The van der Waals surface area contributed by atoms with Crippen LogP contribution in [0.3, 0.4) is 0 Å². The predicted octanol–water partition coefficient (Wildman–Crippen LogP) is 4.36. The standard InChI is InChI=1S/C17H31N/c1-12-2-3-16-11-15(5-4-14(16)10-12)13-6-8-17(18)9-7-13/h12-17H,2-11,18H2,1H3. The maximum Gasteiger partial charge on any atom is 0.00390 e. The number of fused-ring (bicyclic) bond motifs is 1. The number of rotatable bonds is 1. The zero-order chi connectivity index (χ0) is 12.5. The lowest BCUT2D eigenvalue weighted by atomic mass is 9.61. The SMILES string of the molecule is CC1CCC2CC(C3CCC(N)CC3)CCC2C1. The van der Waals surface area contributed by atoms with Crippen molar-refractivity contribution in [3.63, 3.8) is 0 Å². The van der Waals surface area contributed by atoms with Crippen LogP contribution in [0.25, 0.3) is 0 Å². The summed E-state index contributed by atoms with van der Waals surface area (Å²) in [4.78, 5) is 0. The third-order valence-corrected chi connectivity index (χ3v) is 6.40. The Morgan fingerprint density at radius 1 is 0.611 bits per heavy atom. The normalized spacial score (nSPS) is 49.7. The lowest BCUT2D eigenvalue weighted by Gasteiger charge is -2.44. The van der Waals surface area contributed by atoms with Gasteiger partial charge in [-0.15, -0.1) is 0 Å². The minimum atomic E-state index is 0.521. The molecule has 0 aromatic carbocycles. The quantitative estimate of drug-likeness (QED) is 0.734. The van der Waals surface area contributed by atoms with Crippen molar-refractivity contribution in [2.24, 2.45) is 35.3 Å². The molecule has 0 amide bonds. The minimum Gasteiger partial charge on any atom is -0.328 e. The molecule has 1 nitrogen and oxygen atoms in total. The second kappa shape index (κ2) is 5.53. The van der Waals surface area contributed by atoms with Crippen molar-refractivity contribution in [2.75, 3.05) is 0 Å². The summed E-state index contributed by atoms with van der Waals surface area (Å²) in [7, 11) is 0. The summed E-state index contributed by atoms with van der Waals surface area (Å²) in [6, 6.07) is 0.521. The van der Waals surface area contributed by atoms with Gasteiger partial charge >= 0.3 is 0 Å². The first-order valence-corrected chi connectivity index (χ1v) is 8.48. The van der Waals surface area contributed by atoms with E-state index in [2.05, 4.69) is 6.92 Å². The Morgan fingerprint density at radius 2 is 1.11 bits per heavy atom. The maximum atomic E-state index is 6.05. The first-order chi connectivity index (χ1) is 8.72. The molecule has 0 aliphatic heterocycles. The molecular weight excluding hydrogens is 218 g/mol. The Hall–Kier alpha value is -0.0400. The number of nitrogens with two attached hydrogens (primary N) is 1. The van der Waals surface area contributed by atoms with Gasteiger partial charge in [0.05, 0.1) is 0 Å². The van der Waals surface area contributed by atoms with Gasteiger partial charge in [0.25, 0.3) is 0 Å². The molecule has 4 atom stereocenters. The van der Waals surface area contributed by atoms with Crippen molar-refractivity contribution in [2.45, 2.75) is 77.2 Å². The molecule has 0 aromatic heterocycles. The molecule has 3 rings (SSSR count). The van der Waals surface area contributed by atoms with Gasteiger partial charge in [-0.2, -0.15) is 0 Å². The fourth-order valence-corrected chi connectivity index (χ4v) is 5.20. The van der Waals surface area contributed by atoms with Gasteiger partial charge in [-0.3, -0.25) is 0 Å². The highest BCUT2D eigenvalue weighted by Gasteiger charge is 2.37. The van der Waals surface area contributed by atoms with Crippen LogP contribution in [-0.2, 0) is 0 Å². The van der Waals surface area contributed by atoms with Crippen LogP contribution in [0, 0.1) is 29.6 Å². The first-order valence-electron chi connectivity index (χ1n) is 8.48. The van der Waals surface area contributed by atoms with Gasteiger partial charge in [-0.1, -0.05) is 13.3 Å².